The molecule has 2 aromatic heterocycles. The fraction of sp³-hybridized carbons (Fsp3) is 0.364. The van der Waals surface area contributed by atoms with Gasteiger partial charge in [0.2, 0.25) is 0 Å². The lowest BCUT2D eigenvalue weighted by molar-refractivity contribution is 0.386. The molecule has 0 fully saturated rings. The molecule has 0 aliphatic rings. The Hall–Kier alpha value is -1.06. The Bertz CT molecular complexity index is 462. The van der Waals surface area contributed by atoms with Gasteiger partial charge in [-0.3, -0.25) is 0 Å². The maximum Gasteiger partial charge on any atom is 0.141 e. The van der Waals surface area contributed by atoms with Crippen molar-refractivity contribution in [2.45, 2.75) is 6.54 Å². The first kappa shape index (κ1) is 10.5. The number of fused-ring (bicyclic) bond motifs is 1. The first-order valence-corrected chi connectivity index (χ1v) is 5.31. The van der Waals surface area contributed by atoms with Gasteiger partial charge in [-0.25, -0.2) is 4.98 Å². The number of hydrogen-bond acceptors (Lipinski definition) is 2. The van der Waals surface area contributed by atoms with Crippen LogP contribution in [0.2, 0.25) is 5.15 Å². The third-order valence-electron chi connectivity index (χ3n) is 2.37. The summed E-state index contributed by atoms with van der Waals surface area (Å²) in [6.07, 6.45) is 2.05. The number of rotatable bonds is 3. The third kappa shape index (κ3) is 2.30. The summed E-state index contributed by atoms with van der Waals surface area (Å²) in [5, 5.41) is 1.69. The first-order chi connectivity index (χ1) is 7.16. The number of nitrogens with zero attached hydrogens (tertiary/aromatic N) is 3. The Morgan fingerprint density at radius 1 is 1.33 bits per heavy atom. The van der Waals surface area contributed by atoms with Gasteiger partial charge in [0.05, 0.1) is 0 Å². The van der Waals surface area contributed by atoms with Gasteiger partial charge in [-0.15, -0.1) is 0 Å². The van der Waals surface area contributed by atoms with Gasteiger partial charge < -0.3 is 9.47 Å². The van der Waals surface area contributed by atoms with E-state index in [1.807, 2.05) is 12.1 Å². The van der Waals surface area contributed by atoms with Gasteiger partial charge in [-0.2, -0.15) is 0 Å². The molecule has 0 radical (unpaired) electrons. The molecule has 15 heavy (non-hydrogen) atoms. The summed E-state index contributed by atoms with van der Waals surface area (Å²) in [5.41, 5.74) is 0.962. The van der Waals surface area contributed by atoms with E-state index in [2.05, 4.69) is 40.8 Å². The Balaban J connectivity index is 2.31. The Kier molecular flexibility index (Phi) is 2.93. The van der Waals surface area contributed by atoms with Crippen LogP contribution in [0, 0.1) is 0 Å². The van der Waals surface area contributed by atoms with Crippen LogP contribution in [0.1, 0.15) is 0 Å². The van der Waals surface area contributed by atoms with E-state index in [0.29, 0.717) is 5.15 Å². The zero-order valence-corrected chi connectivity index (χ0v) is 9.70. The van der Waals surface area contributed by atoms with Crippen molar-refractivity contribution < 1.29 is 0 Å². The zero-order valence-electron chi connectivity index (χ0n) is 8.94. The highest BCUT2D eigenvalue weighted by Gasteiger charge is 2.03. The second kappa shape index (κ2) is 4.21. The van der Waals surface area contributed by atoms with E-state index in [4.69, 9.17) is 11.6 Å². The molecule has 2 heterocycles. The summed E-state index contributed by atoms with van der Waals surface area (Å²) in [6, 6.07) is 5.88. The lowest BCUT2D eigenvalue weighted by Crippen LogP contribution is -2.18. The van der Waals surface area contributed by atoms with Crippen molar-refractivity contribution in [3.63, 3.8) is 0 Å². The summed E-state index contributed by atoms with van der Waals surface area (Å²) < 4.78 is 2.13. The minimum Gasteiger partial charge on any atom is -0.331 e. The van der Waals surface area contributed by atoms with Crippen LogP contribution in [-0.4, -0.2) is 35.1 Å². The van der Waals surface area contributed by atoms with Crippen molar-refractivity contribution >= 4 is 22.6 Å². The molecule has 0 aliphatic carbocycles. The lowest BCUT2D eigenvalue weighted by atomic mass is 10.3. The lowest BCUT2D eigenvalue weighted by Gasteiger charge is -2.10. The summed E-state index contributed by atoms with van der Waals surface area (Å²) in [6.45, 7) is 1.93. The highest BCUT2D eigenvalue weighted by Crippen LogP contribution is 2.16. The highest BCUT2D eigenvalue weighted by atomic mass is 35.5. The average Bonchev–Trinajstić information content (AvgIpc) is 2.57. The van der Waals surface area contributed by atoms with Crippen molar-refractivity contribution in [1.29, 1.82) is 0 Å². The Labute approximate surface area is 94.3 Å². The van der Waals surface area contributed by atoms with Crippen molar-refractivity contribution in [1.82, 2.24) is 14.5 Å². The standard InChI is InChI=1S/C11H14ClN3/c1-14(2)7-8-15-6-5-9-3-4-10(12)13-11(9)15/h3-6H,7-8H2,1-2H3. The predicted molar refractivity (Wildman–Crippen MR) is 63.3 cm³/mol. The number of likely N-dealkylation sites (N-methyl/N-ethyl adjacent to an activating group) is 1. The maximum absolute atomic E-state index is 5.88. The summed E-state index contributed by atoms with van der Waals surface area (Å²) in [7, 11) is 4.12. The molecule has 3 nitrogen and oxygen atoms in total. The summed E-state index contributed by atoms with van der Waals surface area (Å²) in [4.78, 5) is 6.47. The highest BCUT2D eigenvalue weighted by molar-refractivity contribution is 6.29. The fourth-order valence-corrected chi connectivity index (χ4v) is 1.67. The number of aromatic nitrogens is 2. The van der Waals surface area contributed by atoms with Gasteiger partial charge in [0, 0.05) is 24.7 Å². The van der Waals surface area contributed by atoms with E-state index >= 15 is 0 Å². The van der Waals surface area contributed by atoms with Crippen molar-refractivity contribution in [2.24, 2.45) is 0 Å². The molecule has 0 unspecified atom stereocenters. The molecule has 0 spiro atoms. The van der Waals surface area contributed by atoms with E-state index in [1.165, 1.54) is 0 Å². The molecule has 0 amide bonds. The Morgan fingerprint density at radius 2 is 2.13 bits per heavy atom. The smallest absolute Gasteiger partial charge is 0.141 e. The van der Waals surface area contributed by atoms with Crippen molar-refractivity contribution in [2.75, 3.05) is 20.6 Å². The number of hydrogen-bond donors (Lipinski definition) is 0. The minimum atomic E-state index is 0.548. The van der Waals surface area contributed by atoms with Crippen molar-refractivity contribution in [3.8, 4) is 0 Å². The van der Waals surface area contributed by atoms with E-state index in [-0.39, 0.29) is 0 Å². The Morgan fingerprint density at radius 3 is 2.87 bits per heavy atom. The minimum absolute atomic E-state index is 0.548. The van der Waals surface area contributed by atoms with Crippen LogP contribution in [0.5, 0.6) is 0 Å². The van der Waals surface area contributed by atoms with Crippen LogP contribution >= 0.6 is 11.6 Å². The molecular weight excluding hydrogens is 210 g/mol. The van der Waals surface area contributed by atoms with Gasteiger partial charge in [-0.1, -0.05) is 11.6 Å². The molecule has 80 valence electrons. The second-order valence-electron chi connectivity index (χ2n) is 3.86. The van der Waals surface area contributed by atoms with Crippen LogP contribution in [0.15, 0.2) is 24.4 Å². The van der Waals surface area contributed by atoms with Gasteiger partial charge in [0.25, 0.3) is 0 Å². The second-order valence-corrected chi connectivity index (χ2v) is 4.25. The molecule has 2 rings (SSSR count). The number of halogens is 1. The van der Waals surface area contributed by atoms with Crippen LogP contribution in [-0.2, 0) is 6.54 Å². The fourth-order valence-electron chi connectivity index (χ4n) is 1.53. The summed E-state index contributed by atoms with van der Waals surface area (Å²) in [5.74, 6) is 0. The summed E-state index contributed by atoms with van der Waals surface area (Å²) >= 11 is 5.88. The van der Waals surface area contributed by atoms with Gasteiger partial charge in [0.15, 0.2) is 0 Å². The molecular formula is C11H14ClN3. The predicted octanol–water partition coefficient (Wildman–Crippen LogP) is 2.25. The van der Waals surface area contributed by atoms with E-state index in [1.54, 1.807) is 0 Å². The van der Waals surface area contributed by atoms with Gasteiger partial charge in [-0.05, 0) is 32.3 Å². The molecule has 4 heteroatoms. The van der Waals surface area contributed by atoms with E-state index < -0.39 is 0 Å². The third-order valence-corrected chi connectivity index (χ3v) is 2.58. The molecule has 0 aliphatic heterocycles. The molecule has 2 aromatic rings. The zero-order chi connectivity index (χ0) is 10.8. The normalized spacial score (nSPS) is 11.5. The molecule has 0 N–H and O–H groups in total. The van der Waals surface area contributed by atoms with Crippen LogP contribution < -0.4 is 0 Å². The molecule has 0 saturated heterocycles. The van der Waals surface area contributed by atoms with Crippen molar-refractivity contribution in [3.05, 3.63) is 29.5 Å². The van der Waals surface area contributed by atoms with Crippen LogP contribution in [0.25, 0.3) is 11.0 Å². The monoisotopic (exact) mass is 223 g/mol. The molecule has 0 bridgehead atoms. The van der Waals surface area contributed by atoms with E-state index in [0.717, 1.165) is 24.1 Å². The largest absolute Gasteiger partial charge is 0.331 e. The number of pyridine rings is 1. The van der Waals surface area contributed by atoms with Gasteiger partial charge >= 0.3 is 0 Å². The van der Waals surface area contributed by atoms with Gasteiger partial charge in [0.1, 0.15) is 10.8 Å². The topological polar surface area (TPSA) is 21.1 Å². The SMILES string of the molecule is CN(C)CCn1ccc2ccc(Cl)nc21. The average molecular weight is 224 g/mol. The molecule has 0 atom stereocenters. The van der Waals surface area contributed by atoms with Crippen LogP contribution in [0.4, 0.5) is 0 Å². The first-order valence-electron chi connectivity index (χ1n) is 4.93. The van der Waals surface area contributed by atoms with E-state index in [9.17, 15) is 0 Å². The maximum atomic E-state index is 5.88. The molecule has 0 saturated carbocycles. The molecule has 0 aromatic carbocycles. The quantitative estimate of drug-likeness (QED) is 0.745. The van der Waals surface area contributed by atoms with Crippen LogP contribution in [0.3, 0.4) is 0 Å².